The molecule has 3 rings (SSSR count). The Morgan fingerprint density at radius 3 is 2.56 bits per heavy atom. The molecule has 0 aliphatic rings. The Morgan fingerprint density at radius 2 is 1.89 bits per heavy atom. The molecule has 1 aromatic carbocycles. The van der Waals surface area contributed by atoms with E-state index >= 15 is 0 Å². The van der Waals surface area contributed by atoms with Gasteiger partial charge in [0.1, 0.15) is 15.7 Å². The van der Waals surface area contributed by atoms with Crippen molar-refractivity contribution in [2.45, 2.75) is 6.54 Å². The molecule has 2 N–H and O–H groups in total. The second-order valence-electron chi connectivity index (χ2n) is 3.78. The first kappa shape index (κ1) is 11.5. The van der Waals surface area contributed by atoms with Gasteiger partial charge in [0.2, 0.25) is 0 Å². The first-order valence-corrected chi connectivity index (χ1v) is 7.27. The predicted octanol–water partition coefficient (Wildman–Crippen LogP) is 3.39. The molecule has 18 heavy (non-hydrogen) atoms. The van der Waals surface area contributed by atoms with E-state index in [1.807, 2.05) is 22.9 Å². The summed E-state index contributed by atoms with van der Waals surface area (Å²) < 4.78 is 0. The van der Waals surface area contributed by atoms with Crippen LogP contribution in [0.4, 0.5) is 0 Å². The highest BCUT2D eigenvalue weighted by Gasteiger charge is 2.08. The van der Waals surface area contributed by atoms with Crippen LogP contribution in [0.25, 0.3) is 21.3 Å². The van der Waals surface area contributed by atoms with Gasteiger partial charge in [-0.05, 0) is 5.56 Å². The van der Waals surface area contributed by atoms with Gasteiger partial charge in [-0.3, -0.25) is 0 Å². The van der Waals surface area contributed by atoms with Gasteiger partial charge in [-0.25, -0.2) is 9.97 Å². The van der Waals surface area contributed by atoms with Crippen LogP contribution in [0, 0.1) is 0 Å². The van der Waals surface area contributed by atoms with Gasteiger partial charge in [-0.1, -0.05) is 24.3 Å². The van der Waals surface area contributed by atoms with Gasteiger partial charge in [0.15, 0.2) is 0 Å². The molecule has 3 nitrogen and oxygen atoms in total. The number of nitrogens with zero attached hydrogens (tertiary/aromatic N) is 2. The van der Waals surface area contributed by atoms with E-state index in [1.165, 1.54) is 0 Å². The van der Waals surface area contributed by atoms with Crippen molar-refractivity contribution in [1.82, 2.24) is 9.97 Å². The molecule has 0 unspecified atom stereocenters. The summed E-state index contributed by atoms with van der Waals surface area (Å²) in [5.74, 6) is 0. The number of rotatable bonds is 3. The highest BCUT2D eigenvalue weighted by atomic mass is 32.1. The monoisotopic (exact) mass is 273 g/mol. The van der Waals surface area contributed by atoms with Crippen LogP contribution in [-0.2, 0) is 6.54 Å². The van der Waals surface area contributed by atoms with Crippen molar-refractivity contribution in [1.29, 1.82) is 0 Å². The molecule has 3 aromatic rings. The highest BCUT2D eigenvalue weighted by Crippen LogP contribution is 2.29. The summed E-state index contributed by atoms with van der Waals surface area (Å²) in [6, 6.07) is 8.21. The van der Waals surface area contributed by atoms with Gasteiger partial charge in [-0.2, -0.15) is 0 Å². The number of aromatic nitrogens is 2. The first-order valence-electron chi connectivity index (χ1n) is 5.51. The van der Waals surface area contributed by atoms with Crippen LogP contribution in [0.5, 0.6) is 0 Å². The zero-order valence-corrected chi connectivity index (χ0v) is 11.2. The lowest BCUT2D eigenvalue weighted by Gasteiger charge is -1.98. The van der Waals surface area contributed by atoms with Crippen LogP contribution in [0.2, 0.25) is 0 Å². The Labute approximate surface area is 113 Å². The molecular formula is C13H11N3S2. The Bertz CT molecular complexity index is 627. The third-order valence-corrected chi connectivity index (χ3v) is 4.28. The molecule has 0 atom stereocenters. The normalized spacial score (nSPS) is 10.7. The average molecular weight is 273 g/mol. The number of hydrogen-bond donors (Lipinski definition) is 1. The minimum atomic E-state index is 0.572. The Kier molecular flexibility index (Phi) is 3.19. The van der Waals surface area contributed by atoms with Crippen LogP contribution in [0.15, 0.2) is 41.2 Å². The van der Waals surface area contributed by atoms with E-state index in [0.29, 0.717) is 6.54 Å². The van der Waals surface area contributed by atoms with E-state index in [2.05, 4.69) is 22.1 Å². The smallest absolute Gasteiger partial charge is 0.142 e. The summed E-state index contributed by atoms with van der Waals surface area (Å²) in [4.78, 5) is 8.88. The van der Waals surface area contributed by atoms with Crippen molar-refractivity contribution in [3.8, 4) is 21.3 Å². The fourth-order valence-electron chi connectivity index (χ4n) is 1.64. The predicted molar refractivity (Wildman–Crippen MR) is 76.5 cm³/mol. The second-order valence-corrected chi connectivity index (χ2v) is 5.53. The zero-order chi connectivity index (χ0) is 12.4. The topological polar surface area (TPSA) is 51.8 Å². The molecule has 0 saturated heterocycles. The fourth-order valence-corrected chi connectivity index (χ4v) is 3.12. The van der Waals surface area contributed by atoms with Crippen LogP contribution in [-0.4, -0.2) is 9.97 Å². The maximum atomic E-state index is 5.59. The van der Waals surface area contributed by atoms with Gasteiger partial charge in [0, 0.05) is 29.1 Å². The molecular weight excluding hydrogens is 262 g/mol. The van der Waals surface area contributed by atoms with Gasteiger partial charge >= 0.3 is 0 Å². The van der Waals surface area contributed by atoms with E-state index < -0.39 is 0 Å². The molecule has 2 aromatic heterocycles. The minimum absolute atomic E-state index is 0.572. The number of nitrogens with two attached hydrogens (primary N) is 1. The zero-order valence-electron chi connectivity index (χ0n) is 9.54. The van der Waals surface area contributed by atoms with E-state index in [0.717, 1.165) is 26.8 Å². The number of benzene rings is 1. The van der Waals surface area contributed by atoms with Crippen molar-refractivity contribution in [2.24, 2.45) is 5.73 Å². The van der Waals surface area contributed by atoms with Crippen LogP contribution < -0.4 is 5.73 Å². The van der Waals surface area contributed by atoms with Crippen LogP contribution in [0.1, 0.15) is 5.56 Å². The summed E-state index contributed by atoms with van der Waals surface area (Å²) in [7, 11) is 0. The summed E-state index contributed by atoms with van der Waals surface area (Å²) in [5.41, 5.74) is 8.80. The maximum Gasteiger partial charge on any atom is 0.142 e. The lowest BCUT2D eigenvalue weighted by molar-refractivity contribution is 1.07. The number of hydrogen-bond acceptors (Lipinski definition) is 5. The summed E-state index contributed by atoms with van der Waals surface area (Å²) in [5, 5.41) is 6.00. The Hall–Kier alpha value is -1.56. The molecule has 0 bridgehead atoms. The number of thiazole rings is 2. The molecule has 5 heteroatoms. The molecule has 0 spiro atoms. The minimum Gasteiger partial charge on any atom is -0.326 e. The molecule has 0 radical (unpaired) electrons. The SMILES string of the molecule is NCc1ccc(-c2nc(-c3nccs3)cs2)cc1. The van der Waals surface area contributed by atoms with Crippen LogP contribution >= 0.6 is 22.7 Å². The van der Waals surface area contributed by atoms with E-state index in [4.69, 9.17) is 5.73 Å². The Balaban J connectivity index is 1.92. The quantitative estimate of drug-likeness (QED) is 0.795. The first-order chi connectivity index (χ1) is 8.86. The van der Waals surface area contributed by atoms with Crippen molar-refractivity contribution in [2.75, 3.05) is 0 Å². The standard InChI is InChI=1S/C13H11N3S2/c14-7-9-1-3-10(4-2-9)12-16-11(8-18-12)13-15-5-6-17-13/h1-6,8H,7,14H2. The van der Waals surface area contributed by atoms with Gasteiger partial charge in [-0.15, -0.1) is 22.7 Å². The third-order valence-electron chi connectivity index (χ3n) is 2.59. The summed E-state index contributed by atoms with van der Waals surface area (Å²) >= 11 is 3.25. The maximum absolute atomic E-state index is 5.59. The molecule has 90 valence electrons. The third kappa shape index (κ3) is 2.20. The molecule has 0 aliphatic heterocycles. The molecule has 0 saturated carbocycles. The van der Waals surface area contributed by atoms with Crippen molar-refractivity contribution in [3.05, 3.63) is 46.8 Å². The Morgan fingerprint density at radius 1 is 1.06 bits per heavy atom. The van der Waals surface area contributed by atoms with Gasteiger partial charge in [0.25, 0.3) is 0 Å². The highest BCUT2D eigenvalue weighted by molar-refractivity contribution is 7.15. The summed E-state index contributed by atoms with van der Waals surface area (Å²) in [6.07, 6.45) is 1.80. The molecule has 0 aliphatic carbocycles. The lowest BCUT2D eigenvalue weighted by Crippen LogP contribution is -1.95. The lowest BCUT2D eigenvalue weighted by atomic mass is 10.1. The molecule has 0 amide bonds. The van der Waals surface area contributed by atoms with E-state index in [9.17, 15) is 0 Å². The van der Waals surface area contributed by atoms with Gasteiger partial charge < -0.3 is 5.73 Å². The van der Waals surface area contributed by atoms with Gasteiger partial charge in [0.05, 0.1) is 0 Å². The van der Waals surface area contributed by atoms with Crippen molar-refractivity contribution in [3.63, 3.8) is 0 Å². The summed E-state index contributed by atoms with van der Waals surface area (Å²) in [6.45, 7) is 0.572. The van der Waals surface area contributed by atoms with Crippen LogP contribution in [0.3, 0.4) is 0 Å². The second kappa shape index (κ2) is 4.97. The average Bonchev–Trinajstić information content (AvgIpc) is 3.09. The van der Waals surface area contributed by atoms with E-state index in [1.54, 1.807) is 28.9 Å². The molecule has 2 heterocycles. The molecule has 0 fully saturated rings. The fraction of sp³-hybridized carbons (Fsp3) is 0.0769. The van der Waals surface area contributed by atoms with Crippen molar-refractivity contribution < 1.29 is 0 Å². The largest absolute Gasteiger partial charge is 0.326 e. The van der Waals surface area contributed by atoms with Crippen molar-refractivity contribution >= 4 is 22.7 Å². The van der Waals surface area contributed by atoms with E-state index in [-0.39, 0.29) is 0 Å².